The molecule has 5 heteroatoms. The first-order valence-electron chi connectivity index (χ1n) is 5.20. The number of benzene rings is 1. The number of hydrogen-bond acceptors (Lipinski definition) is 2. The number of halogens is 2. The van der Waals surface area contributed by atoms with Gasteiger partial charge in [0.2, 0.25) is 0 Å². The molecule has 0 aliphatic heterocycles. The summed E-state index contributed by atoms with van der Waals surface area (Å²) in [5, 5.41) is 2.71. The second-order valence-corrected chi connectivity index (χ2v) is 4.05. The Morgan fingerprint density at radius 2 is 2.29 bits per heavy atom. The number of carbonyl (C=O) groups excluding carboxylic acids is 1. The highest BCUT2D eigenvalue weighted by molar-refractivity contribution is 6.18. The molecule has 0 aliphatic carbocycles. The van der Waals surface area contributed by atoms with Gasteiger partial charge in [-0.05, 0) is 30.7 Å². The average molecular weight is 260 g/mol. The standard InChI is InChI=1S/C12H15ClFNO2/c1-8-5-9(3-4-11(8)14)12(16)15-10(6-13)7-17-2/h3-5,10H,6-7H2,1-2H3,(H,15,16). The molecule has 1 amide bonds. The Morgan fingerprint density at radius 1 is 1.59 bits per heavy atom. The van der Waals surface area contributed by atoms with Crippen LogP contribution in [0.2, 0.25) is 0 Å². The van der Waals surface area contributed by atoms with E-state index >= 15 is 0 Å². The van der Waals surface area contributed by atoms with Crippen LogP contribution >= 0.6 is 11.6 Å². The lowest BCUT2D eigenvalue weighted by molar-refractivity contribution is 0.0906. The first-order valence-corrected chi connectivity index (χ1v) is 5.74. The number of nitrogens with one attached hydrogen (secondary N) is 1. The van der Waals surface area contributed by atoms with Crippen molar-refractivity contribution in [1.82, 2.24) is 5.32 Å². The second kappa shape index (κ2) is 6.57. The van der Waals surface area contributed by atoms with Crippen molar-refractivity contribution < 1.29 is 13.9 Å². The molecule has 0 saturated heterocycles. The summed E-state index contributed by atoms with van der Waals surface area (Å²) in [5.41, 5.74) is 0.849. The van der Waals surface area contributed by atoms with Crippen molar-refractivity contribution in [1.29, 1.82) is 0 Å². The molecule has 1 N–H and O–H groups in total. The minimum atomic E-state index is -0.327. The summed E-state index contributed by atoms with van der Waals surface area (Å²) in [6.45, 7) is 1.95. The van der Waals surface area contributed by atoms with Crippen LogP contribution in [0, 0.1) is 12.7 Å². The molecule has 1 unspecified atom stereocenters. The van der Waals surface area contributed by atoms with Gasteiger partial charge in [-0.25, -0.2) is 4.39 Å². The van der Waals surface area contributed by atoms with Gasteiger partial charge < -0.3 is 10.1 Å². The fourth-order valence-corrected chi connectivity index (χ4v) is 1.55. The summed E-state index contributed by atoms with van der Waals surface area (Å²) < 4.78 is 18.0. The van der Waals surface area contributed by atoms with E-state index in [9.17, 15) is 9.18 Å². The molecule has 0 fully saturated rings. The Morgan fingerprint density at radius 3 is 2.82 bits per heavy atom. The number of ether oxygens (including phenoxy) is 1. The third kappa shape index (κ3) is 3.98. The second-order valence-electron chi connectivity index (χ2n) is 3.74. The molecule has 1 aromatic rings. The molecule has 1 aromatic carbocycles. The van der Waals surface area contributed by atoms with Crippen molar-refractivity contribution in [3.8, 4) is 0 Å². The quantitative estimate of drug-likeness (QED) is 0.823. The Hall–Kier alpha value is -1.13. The lowest BCUT2D eigenvalue weighted by Crippen LogP contribution is -2.39. The molecule has 0 heterocycles. The van der Waals surface area contributed by atoms with Crippen LogP contribution < -0.4 is 5.32 Å². The highest BCUT2D eigenvalue weighted by atomic mass is 35.5. The molecule has 0 saturated carbocycles. The average Bonchev–Trinajstić information content (AvgIpc) is 2.31. The van der Waals surface area contributed by atoms with Crippen LogP contribution in [-0.2, 0) is 4.74 Å². The molecule has 0 aliphatic rings. The van der Waals surface area contributed by atoms with Crippen LogP contribution in [0.4, 0.5) is 4.39 Å². The summed E-state index contributed by atoms with van der Waals surface area (Å²) in [6.07, 6.45) is 0. The minimum absolute atomic E-state index is 0.250. The van der Waals surface area contributed by atoms with Gasteiger partial charge in [0.05, 0.1) is 12.6 Å². The summed E-state index contributed by atoms with van der Waals surface area (Å²) in [4.78, 5) is 11.8. The molecular weight excluding hydrogens is 245 g/mol. The van der Waals surface area contributed by atoms with Crippen molar-refractivity contribution in [3.63, 3.8) is 0 Å². The van der Waals surface area contributed by atoms with E-state index in [4.69, 9.17) is 16.3 Å². The Kier molecular flexibility index (Phi) is 5.38. The van der Waals surface area contributed by atoms with E-state index in [-0.39, 0.29) is 23.6 Å². The van der Waals surface area contributed by atoms with Crippen molar-refractivity contribution in [2.75, 3.05) is 19.6 Å². The number of alkyl halides is 1. The molecule has 3 nitrogen and oxygen atoms in total. The first kappa shape index (κ1) is 13.9. The number of hydrogen-bond donors (Lipinski definition) is 1. The SMILES string of the molecule is COCC(CCl)NC(=O)c1ccc(F)c(C)c1. The monoisotopic (exact) mass is 259 g/mol. The third-order valence-electron chi connectivity index (χ3n) is 2.31. The first-order chi connectivity index (χ1) is 8.08. The van der Waals surface area contributed by atoms with Gasteiger partial charge in [0.15, 0.2) is 0 Å². The van der Waals surface area contributed by atoms with E-state index in [1.165, 1.54) is 25.3 Å². The number of carbonyl (C=O) groups is 1. The van der Waals surface area contributed by atoms with Gasteiger partial charge >= 0.3 is 0 Å². The molecule has 0 aromatic heterocycles. The molecule has 0 spiro atoms. The van der Waals surface area contributed by atoms with E-state index in [0.29, 0.717) is 17.7 Å². The number of methoxy groups -OCH3 is 1. The largest absolute Gasteiger partial charge is 0.383 e. The predicted octanol–water partition coefficient (Wildman–Crippen LogP) is 2.12. The third-order valence-corrected chi connectivity index (χ3v) is 2.68. The Balaban J connectivity index is 2.72. The normalized spacial score (nSPS) is 12.2. The zero-order valence-corrected chi connectivity index (χ0v) is 10.6. The molecule has 0 bridgehead atoms. The van der Waals surface area contributed by atoms with E-state index in [1.807, 2.05) is 0 Å². The van der Waals surface area contributed by atoms with Crippen molar-refractivity contribution in [2.24, 2.45) is 0 Å². The summed E-state index contributed by atoms with van der Waals surface area (Å²) in [6, 6.07) is 3.97. The van der Waals surface area contributed by atoms with Crippen LogP contribution in [-0.4, -0.2) is 31.5 Å². The van der Waals surface area contributed by atoms with Gasteiger partial charge in [-0.3, -0.25) is 4.79 Å². The van der Waals surface area contributed by atoms with Crippen molar-refractivity contribution >= 4 is 17.5 Å². The van der Waals surface area contributed by atoms with Crippen LogP contribution in [0.15, 0.2) is 18.2 Å². The van der Waals surface area contributed by atoms with Gasteiger partial charge in [-0.15, -0.1) is 11.6 Å². The van der Waals surface area contributed by atoms with E-state index in [1.54, 1.807) is 6.92 Å². The fourth-order valence-electron chi connectivity index (χ4n) is 1.38. The molecular formula is C12H15ClFNO2. The van der Waals surface area contributed by atoms with Gasteiger partial charge in [0, 0.05) is 18.6 Å². The van der Waals surface area contributed by atoms with Crippen molar-refractivity contribution in [2.45, 2.75) is 13.0 Å². The van der Waals surface area contributed by atoms with Crippen LogP contribution in [0.5, 0.6) is 0 Å². The molecule has 17 heavy (non-hydrogen) atoms. The van der Waals surface area contributed by atoms with E-state index < -0.39 is 0 Å². The minimum Gasteiger partial charge on any atom is -0.383 e. The zero-order chi connectivity index (χ0) is 12.8. The van der Waals surface area contributed by atoms with Crippen LogP contribution in [0.1, 0.15) is 15.9 Å². The van der Waals surface area contributed by atoms with Gasteiger partial charge in [0.1, 0.15) is 5.82 Å². The Bertz CT molecular complexity index is 398. The lowest BCUT2D eigenvalue weighted by atomic mass is 10.1. The zero-order valence-electron chi connectivity index (χ0n) is 9.80. The highest BCUT2D eigenvalue weighted by Gasteiger charge is 2.13. The maximum Gasteiger partial charge on any atom is 0.251 e. The Labute approximate surface area is 105 Å². The number of amides is 1. The number of rotatable bonds is 5. The van der Waals surface area contributed by atoms with Gasteiger partial charge in [0.25, 0.3) is 5.91 Å². The maximum absolute atomic E-state index is 13.0. The van der Waals surface area contributed by atoms with Gasteiger partial charge in [-0.1, -0.05) is 0 Å². The summed E-state index contributed by atoms with van der Waals surface area (Å²) >= 11 is 5.68. The summed E-state index contributed by atoms with van der Waals surface area (Å²) in [5.74, 6) is -0.345. The molecule has 0 radical (unpaired) electrons. The predicted molar refractivity (Wildman–Crippen MR) is 65.0 cm³/mol. The number of aryl methyl sites for hydroxylation is 1. The van der Waals surface area contributed by atoms with Crippen molar-refractivity contribution in [3.05, 3.63) is 35.1 Å². The molecule has 1 atom stereocenters. The van der Waals surface area contributed by atoms with Crippen LogP contribution in [0.3, 0.4) is 0 Å². The van der Waals surface area contributed by atoms with E-state index in [0.717, 1.165) is 0 Å². The van der Waals surface area contributed by atoms with Crippen LogP contribution in [0.25, 0.3) is 0 Å². The van der Waals surface area contributed by atoms with Gasteiger partial charge in [-0.2, -0.15) is 0 Å². The van der Waals surface area contributed by atoms with E-state index in [2.05, 4.69) is 5.32 Å². The maximum atomic E-state index is 13.0. The lowest BCUT2D eigenvalue weighted by Gasteiger charge is -2.15. The molecule has 94 valence electrons. The summed E-state index contributed by atoms with van der Waals surface area (Å²) in [7, 11) is 1.54. The smallest absolute Gasteiger partial charge is 0.251 e. The highest BCUT2D eigenvalue weighted by Crippen LogP contribution is 2.09. The topological polar surface area (TPSA) is 38.3 Å². The fraction of sp³-hybridized carbons (Fsp3) is 0.417. The molecule has 1 rings (SSSR count).